The van der Waals surface area contributed by atoms with Gasteiger partial charge in [0.1, 0.15) is 11.5 Å². The molecule has 0 amide bonds. The molecule has 0 fully saturated rings. The van der Waals surface area contributed by atoms with Crippen LogP contribution in [0, 0.1) is 21.3 Å². The zero-order valence-electron chi connectivity index (χ0n) is 10.3. The summed E-state index contributed by atoms with van der Waals surface area (Å²) in [4.78, 5) is 10.2. The van der Waals surface area contributed by atoms with Crippen LogP contribution in [0.4, 0.5) is 15.8 Å². The van der Waals surface area contributed by atoms with Gasteiger partial charge in [0.2, 0.25) is 0 Å². The van der Waals surface area contributed by atoms with E-state index in [1.807, 2.05) is 0 Å². The van der Waals surface area contributed by atoms with Gasteiger partial charge in [0.05, 0.1) is 4.92 Å². The summed E-state index contributed by atoms with van der Waals surface area (Å²) in [6, 6.07) is 3.42. The summed E-state index contributed by atoms with van der Waals surface area (Å²) in [6.07, 6.45) is 0.848. The fourth-order valence-corrected chi connectivity index (χ4v) is 1.38. The molecular weight excluding hydrogens is 223 g/mol. The Kier molecular flexibility index (Phi) is 4.04. The summed E-state index contributed by atoms with van der Waals surface area (Å²) < 4.78 is 13.0. The van der Waals surface area contributed by atoms with Gasteiger partial charge in [0.25, 0.3) is 5.69 Å². The maximum Gasteiger partial charge on any atom is 0.292 e. The maximum absolute atomic E-state index is 13.0. The van der Waals surface area contributed by atoms with Crippen molar-refractivity contribution in [2.24, 2.45) is 5.41 Å². The Bertz CT molecular complexity index is 413. The van der Waals surface area contributed by atoms with Gasteiger partial charge in [-0.05, 0) is 17.9 Å². The third kappa shape index (κ3) is 4.38. The molecule has 1 N–H and O–H groups in total. The summed E-state index contributed by atoms with van der Waals surface area (Å²) in [5, 5.41) is 13.6. The molecule has 0 heterocycles. The molecule has 0 atom stereocenters. The lowest BCUT2D eigenvalue weighted by Crippen LogP contribution is -2.13. The Labute approximate surface area is 100.0 Å². The van der Waals surface area contributed by atoms with Gasteiger partial charge in [0, 0.05) is 18.7 Å². The van der Waals surface area contributed by atoms with Crippen LogP contribution in [0.1, 0.15) is 27.2 Å². The smallest absolute Gasteiger partial charge is 0.292 e. The molecule has 94 valence electrons. The fourth-order valence-electron chi connectivity index (χ4n) is 1.38. The Morgan fingerprint density at radius 2 is 2.06 bits per heavy atom. The van der Waals surface area contributed by atoms with Gasteiger partial charge in [-0.25, -0.2) is 4.39 Å². The lowest BCUT2D eigenvalue weighted by atomic mass is 9.92. The topological polar surface area (TPSA) is 55.2 Å². The van der Waals surface area contributed by atoms with E-state index in [2.05, 4.69) is 26.1 Å². The Hall–Kier alpha value is -1.65. The highest BCUT2D eigenvalue weighted by molar-refractivity contribution is 5.61. The number of nitro groups is 1. The summed E-state index contributed by atoms with van der Waals surface area (Å²) in [5.74, 6) is -0.478. The first-order valence-electron chi connectivity index (χ1n) is 5.47. The van der Waals surface area contributed by atoms with E-state index in [0.29, 0.717) is 6.54 Å². The fraction of sp³-hybridized carbons (Fsp3) is 0.500. The Balaban J connectivity index is 2.75. The van der Waals surface area contributed by atoms with Crippen LogP contribution < -0.4 is 5.32 Å². The number of hydrogen-bond donors (Lipinski definition) is 1. The number of nitrogens with one attached hydrogen (secondary N) is 1. The second kappa shape index (κ2) is 5.12. The number of anilines is 1. The van der Waals surface area contributed by atoms with E-state index >= 15 is 0 Å². The molecular formula is C12H17FN2O2. The molecule has 1 aromatic rings. The molecule has 0 radical (unpaired) electrons. The van der Waals surface area contributed by atoms with Gasteiger partial charge in [0.15, 0.2) is 0 Å². The standard InChI is InChI=1S/C12H17FN2O2/c1-12(2,3)6-7-14-10-8-9(13)4-5-11(10)15(16)17/h4-5,8,14H,6-7H2,1-3H3. The molecule has 0 bridgehead atoms. The minimum atomic E-state index is -0.515. The summed E-state index contributed by atoms with van der Waals surface area (Å²) in [7, 11) is 0. The molecule has 0 saturated heterocycles. The second-order valence-electron chi connectivity index (χ2n) is 5.16. The predicted molar refractivity (Wildman–Crippen MR) is 65.6 cm³/mol. The monoisotopic (exact) mass is 240 g/mol. The van der Waals surface area contributed by atoms with Crippen molar-refractivity contribution >= 4 is 11.4 Å². The molecule has 0 spiro atoms. The first-order chi connectivity index (χ1) is 7.79. The molecule has 0 aliphatic rings. The van der Waals surface area contributed by atoms with E-state index in [1.54, 1.807) is 0 Å². The van der Waals surface area contributed by atoms with Gasteiger partial charge in [-0.15, -0.1) is 0 Å². The highest BCUT2D eigenvalue weighted by atomic mass is 19.1. The quantitative estimate of drug-likeness (QED) is 0.646. The summed E-state index contributed by atoms with van der Waals surface area (Å²) in [5.41, 5.74) is 0.273. The zero-order chi connectivity index (χ0) is 13.1. The van der Waals surface area contributed by atoms with E-state index in [1.165, 1.54) is 6.07 Å². The lowest BCUT2D eigenvalue weighted by Gasteiger charge is -2.18. The predicted octanol–water partition coefficient (Wildman–Crippen LogP) is 3.58. The van der Waals surface area contributed by atoms with E-state index in [9.17, 15) is 14.5 Å². The normalized spacial score (nSPS) is 11.3. The van der Waals surface area contributed by atoms with Crippen molar-refractivity contribution in [1.29, 1.82) is 0 Å². The molecule has 0 aliphatic heterocycles. The van der Waals surface area contributed by atoms with E-state index < -0.39 is 10.7 Å². The van der Waals surface area contributed by atoms with Gasteiger partial charge >= 0.3 is 0 Å². The van der Waals surface area contributed by atoms with Gasteiger partial charge in [-0.2, -0.15) is 0 Å². The van der Waals surface area contributed by atoms with Crippen LogP contribution in [0.3, 0.4) is 0 Å². The van der Waals surface area contributed by atoms with Crippen LogP contribution in [-0.2, 0) is 0 Å². The average molecular weight is 240 g/mol. The average Bonchev–Trinajstić information content (AvgIpc) is 2.15. The second-order valence-corrected chi connectivity index (χ2v) is 5.16. The molecule has 5 heteroatoms. The zero-order valence-corrected chi connectivity index (χ0v) is 10.3. The molecule has 17 heavy (non-hydrogen) atoms. The Morgan fingerprint density at radius 3 is 2.59 bits per heavy atom. The van der Waals surface area contributed by atoms with Crippen LogP contribution in [0.5, 0.6) is 0 Å². The minimum Gasteiger partial charge on any atom is -0.379 e. The number of hydrogen-bond acceptors (Lipinski definition) is 3. The number of halogens is 1. The molecule has 1 rings (SSSR count). The van der Waals surface area contributed by atoms with Crippen molar-refractivity contribution in [2.75, 3.05) is 11.9 Å². The van der Waals surface area contributed by atoms with Gasteiger partial charge < -0.3 is 5.32 Å². The number of benzene rings is 1. The number of nitro benzene ring substituents is 1. The molecule has 1 aromatic carbocycles. The van der Waals surface area contributed by atoms with Crippen molar-refractivity contribution in [3.8, 4) is 0 Å². The van der Waals surface area contributed by atoms with Crippen molar-refractivity contribution in [2.45, 2.75) is 27.2 Å². The molecule has 0 unspecified atom stereocenters. The van der Waals surface area contributed by atoms with Gasteiger partial charge in [-0.1, -0.05) is 20.8 Å². The number of rotatable bonds is 4. The Morgan fingerprint density at radius 1 is 1.41 bits per heavy atom. The van der Waals surface area contributed by atoms with Crippen LogP contribution in [0.2, 0.25) is 0 Å². The van der Waals surface area contributed by atoms with Crippen molar-refractivity contribution in [3.05, 3.63) is 34.1 Å². The summed E-state index contributed by atoms with van der Waals surface area (Å²) >= 11 is 0. The molecule has 0 saturated carbocycles. The van der Waals surface area contributed by atoms with Crippen LogP contribution >= 0.6 is 0 Å². The third-order valence-corrected chi connectivity index (χ3v) is 2.35. The first-order valence-corrected chi connectivity index (χ1v) is 5.47. The minimum absolute atomic E-state index is 0.0969. The molecule has 4 nitrogen and oxygen atoms in total. The van der Waals surface area contributed by atoms with E-state index in [4.69, 9.17) is 0 Å². The number of nitrogens with zero attached hydrogens (tertiary/aromatic N) is 1. The molecule has 0 aromatic heterocycles. The van der Waals surface area contributed by atoms with Crippen LogP contribution in [-0.4, -0.2) is 11.5 Å². The highest BCUT2D eigenvalue weighted by Gasteiger charge is 2.15. The third-order valence-electron chi connectivity index (χ3n) is 2.35. The van der Waals surface area contributed by atoms with Crippen LogP contribution in [0.15, 0.2) is 18.2 Å². The van der Waals surface area contributed by atoms with Crippen LogP contribution in [0.25, 0.3) is 0 Å². The summed E-state index contributed by atoms with van der Waals surface area (Å²) in [6.45, 7) is 6.81. The molecule has 0 aliphatic carbocycles. The van der Waals surface area contributed by atoms with Crippen molar-refractivity contribution in [3.63, 3.8) is 0 Å². The lowest BCUT2D eigenvalue weighted by molar-refractivity contribution is -0.384. The SMILES string of the molecule is CC(C)(C)CCNc1cc(F)ccc1[N+](=O)[O-]. The van der Waals surface area contributed by atoms with Crippen molar-refractivity contribution < 1.29 is 9.31 Å². The maximum atomic E-state index is 13.0. The van der Waals surface area contributed by atoms with Crippen molar-refractivity contribution in [1.82, 2.24) is 0 Å². The highest BCUT2D eigenvalue weighted by Crippen LogP contribution is 2.26. The first kappa shape index (κ1) is 13.4. The van der Waals surface area contributed by atoms with E-state index in [-0.39, 0.29) is 16.8 Å². The van der Waals surface area contributed by atoms with Gasteiger partial charge in [-0.3, -0.25) is 10.1 Å². The largest absolute Gasteiger partial charge is 0.379 e. The van der Waals surface area contributed by atoms with E-state index in [0.717, 1.165) is 18.6 Å².